The molecule has 0 saturated heterocycles. The Bertz CT molecular complexity index is 730. The molecule has 0 aromatic heterocycles. The zero-order valence-electron chi connectivity index (χ0n) is 12.7. The first-order chi connectivity index (χ1) is 11.0. The Kier molecular flexibility index (Phi) is 5.14. The molecule has 0 atom stereocenters. The number of anilines is 1. The van der Waals surface area contributed by atoms with Crippen molar-refractivity contribution in [1.29, 1.82) is 0 Å². The smallest absolute Gasteiger partial charge is 0.271 e. The molecule has 7 heteroatoms. The van der Waals surface area contributed by atoms with Crippen LogP contribution < -0.4 is 14.8 Å². The van der Waals surface area contributed by atoms with Gasteiger partial charge in [0.15, 0.2) is 6.61 Å². The number of hydrogen-bond acceptors (Lipinski definition) is 5. The summed E-state index contributed by atoms with van der Waals surface area (Å²) in [5, 5.41) is 13.4. The number of carbonyl (C=O) groups excluding carboxylic acids is 1. The number of non-ortho nitro benzene ring substituents is 1. The molecule has 0 unspecified atom stereocenters. The molecule has 0 aliphatic heterocycles. The van der Waals surface area contributed by atoms with Gasteiger partial charge in [0.05, 0.1) is 17.7 Å². The van der Waals surface area contributed by atoms with Crippen LogP contribution in [-0.4, -0.2) is 24.5 Å². The van der Waals surface area contributed by atoms with E-state index in [4.69, 9.17) is 9.47 Å². The number of hydrogen-bond donors (Lipinski definition) is 1. The van der Waals surface area contributed by atoms with Gasteiger partial charge in [-0.2, -0.15) is 0 Å². The first-order valence-corrected chi connectivity index (χ1v) is 6.82. The van der Waals surface area contributed by atoms with Gasteiger partial charge in [0, 0.05) is 12.1 Å². The lowest BCUT2D eigenvalue weighted by Crippen LogP contribution is -2.20. The number of amides is 1. The van der Waals surface area contributed by atoms with E-state index in [9.17, 15) is 14.9 Å². The SMILES string of the molecule is COc1ccc([N+](=O)[O-])cc1NC(=O)COc1ccccc1C. The monoisotopic (exact) mass is 316 g/mol. The molecule has 0 radical (unpaired) electrons. The number of ether oxygens (including phenoxy) is 2. The Morgan fingerprint density at radius 2 is 1.96 bits per heavy atom. The lowest BCUT2D eigenvalue weighted by atomic mass is 10.2. The number of carbonyl (C=O) groups is 1. The van der Waals surface area contributed by atoms with Crippen LogP contribution in [0, 0.1) is 17.0 Å². The largest absolute Gasteiger partial charge is 0.495 e. The molecule has 0 spiro atoms. The van der Waals surface area contributed by atoms with E-state index < -0.39 is 10.8 Å². The molecule has 2 aromatic rings. The van der Waals surface area contributed by atoms with E-state index in [1.165, 1.54) is 25.3 Å². The minimum absolute atomic E-state index is 0.138. The number of nitrogens with one attached hydrogen (secondary N) is 1. The molecular formula is C16H16N2O5. The second kappa shape index (κ2) is 7.26. The highest BCUT2D eigenvalue weighted by molar-refractivity contribution is 5.93. The van der Waals surface area contributed by atoms with E-state index in [1.807, 2.05) is 25.1 Å². The van der Waals surface area contributed by atoms with Crippen LogP contribution in [0.2, 0.25) is 0 Å². The van der Waals surface area contributed by atoms with Gasteiger partial charge in [-0.15, -0.1) is 0 Å². The first kappa shape index (κ1) is 16.3. The summed E-state index contributed by atoms with van der Waals surface area (Å²) < 4.78 is 10.5. The second-order valence-electron chi connectivity index (χ2n) is 4.74. The highest BCUT2D eigenvalue weighted by Gasteiger charge is 2.14. The molecular weight excluding hydrogens is 300 g/mol. The summed E-state index contributed by atoms with van der Waals surface area (Å²) in [5.74, 6) is 0.501. The van der Waals surface area contributed by atoms with E-state index >= 15 is 0 Å². The molecule has 1 N–H and O–H groups in total. The van der Waals surface area contributed by atoms with Crippen molar-refractivity contribution >= 4 is 17.3 Å². The normalized spacial score (nSPS) is 10.0. The predicted octanol–water partition coefficient (Wildman–Crippen LogP) is 2.93. The third-order valence-corrected chi connectivity index (χ3v) is 3.12. The van der Waals surface area contributed by atoms with Crippen LogP contribution in [0.15, 0.2) is 42.5 Å². The maximum absolute atomic E-state index is 12.0. The van der Waals surface area contributed by atoms with Crippen molar-refractivity contribution in [3.63, 3.8) is 0 Å². The molecule has 0 saturated carbocycles. The molecule has 0 aliphatic rings. The molecule has 0 heterocycles. The summed E-state index contributed by atoms with van der Waals surface area (Å²) in [4.78, 5) is 22.3. The molecule has 23 heavy (non-hydrogen) atoms. The fourth-order valence-electron chi connectivity index (χ4n) is 1.96. The zero-order chi connectivity index (χ0) is 16.8. The molecule has 7 nitrogen and oxygen atoms in total. The van der Waals surface area contributed by atoms with Gasteiger partial charge < -0.3 is 14.8 Å². The van der Waals surface area contributed by atoms with Crippen molar-refractivity contribution in [2.45, 2.75) is 6.92 Å². The fraction of sp³-hybridized carbons (Fsp3) is 0.188. The molecule has 0 bridgehead atoms. The van der Waals surface area contributed by atoms with Crippen molar-refractivity contribution in [2.75, 3.05) is 19.0 Å². The summed E-state index contributed by atoms with van der Waals surface area (Å²) in [7, 11) is 1.42. The van der Waals surface area contributed by atoms with Crippen LogP contribution >= 0.6 is 0 Å². The molecule has 0 fully saturated rings. The number of nitro groups is 1. The fourth-order valence-corrected chi connectivity index (χ4v) is 1.96. The van der Waals surface area contributed by atoms with Crippen molar-refractivity contribution in [2.24, 2.45) is 0 Å². The van der Waals surface area contributed by atoms with Crippen molar-refractivity contribution in [3.05, 3.63) is 58.1 Å². The number of nitrogens with zero attached hydrogens (tertiary/aromatic N) is 1. The van der Waals surface area contributed by atoms with Gasteiger partial charge in [-0.3, -0.25) is 14.9 Å². The van der Waals surface area contributed by atoms with Gasteiger partial charge >= 0.3 is 0 Å². The summed E-state index contributed by atoms with van der Waals surface area (Å²) in [6.07, 6.45) is 0. The van der Waals surface area contributed by atoms with E-state index in [-0.39, 0.29) is 18.0 Å². The summed E-state index contributed by atoms with van der Waals surface area (Å²) in [6.45, 7) is 1.66. The van der Waals surface area contributed by atoms with Gasteiger partial charge in [-0.05, 0) is 24.6 Å². The third kappa shape index (κ3) is 4.19. The molecule has 0 aliphatic carbocycles. The summed E-state index contributed by atoms with van der Waals surface area (Å²) in [6, 6.07) is 11.3. The Balaban J connectivity index is 2.06. The highest BCUT2D eigenvalue weighted by atomic mass is 16.6. The standard InChI is InChI=1S/C16H16N2O5/c1-11-5-3-4-6-14(11)23-10-16(19)17-13-9-12(18(20)21)7-8-15(13)22-2/h3-9H,10H2,1-2H3,(H,17,19). The number of methoxy groups -OCH3 is 1. The van der Waals surface area contributed by atoms with Crippen molar-refractivity contribution in [3.8, 4) is 11.5 Å². The quantitative estimate of drug-likeness (QED) is 0.653. The Morgan fingerprint density at radius 3 is 2.61 bits per heavy atom. The van der Waals surface area contributed by atoms with Crippen LogP contribution in [0.3, 0.4) is 0 Å². The molecule has 120 valence electrons. The maximum atomic E-state index is 12.0. The summed E-state index contributed by atoms with van der Waals surface area (Å²) >= 11 is 0. The van der Waals surface area contributed by atoms with Crippen molar-refractivity contribution in [1.82, 2.24) is 0 Å². The molecule has 2 aromatic carbocycles. The number of para-hydroxylation sites is 1. The van der Waals surface area contributed by atoms with E-state index in [0.29, 0.717) is 11.5 Å². The van der Waals surface area contributed by atoms with E-state index in [1.54, 1.807) is 6.07 Å². The van der Waals surface area contributed by atoms with Gasteiger partial charge in [-0.1, -0.05) is 18.2 Å². The minimum atomic E-state index is -0.543. The second-order valence-corrected chi connectivity index (χ2v) is 4.74. The molecule has 1 amide bonds. The Hall–Kier alpha value is -3.09. The minimum Gasteiger partial charge on any atom is -0.495 e. The zero-order valence-corrected chi connectivity index (χ0v) is 12.7. The van der Waals surface area contributed by atoms with E-state index in [0.717, 1.165) is 5.56 Å². The first-order valence-electron chi connectivity index (χ1n) is 6.82. The van der Waals surface area contributed by atoms with Crippen LogP contribution in [0.25, 0.3) is 0 Å². The Labute approximate surface area is 133 Å². The maximum Gasteiger partial charge on any atom is 0.271 e. The van der Waals surface area contributed by atoms with Gasteiger partial charge in [0.1, 0.15) is 11.5 Å². The Morgan fingerprint density at radius 1 is 1.22 bits per heavy atom. The number of benzene rings is 2. The number of aryl methyl sites for hydroxylation is 1. The topological polar surface area (TPSA) is 90.7 Å². The highest BCUT2D eigenvalue weighted by Crippen LogP contribution is 2.28. The van der Waals surface area contributed by atoms with E-state index in [2.05, 4.69) is 5.32 Å². The number of nitro benzene ring substituents is 1. The van der Waals surface area contributed by atoms with Crippen LogP contribution in [0.5, 0.6) is 11.5 Å². The third-order valence-electron chi connectivity index (χ3n) is 3.12. The van der Waals surface area contributed by atoms with Crippen molar-refractivity contribution < 1.29 is 19.2 Å². The predicted molar refractivity (Wildman–Crippen MR) is 85.0 cm³/mol. The van der Waals surface area contributed by atoms with Gasteiger partial charge in [0.25, 0.3) is 11.6 Å². The summed E-state index contributed by atoms with van der Waals surface area (Å²) in [5.41, 5.74) is 0.995. The molecule has 2 rings (SSSR count). The van der Waals surface area contributed by atoms with Gasteiger partial charge in [-0.25, -0.2) is 0 Å². The average Bonchev–Trinajstić information content (AvgIpc) is 2.54. The lowest BCUT2D eigenvalue weighted by Gasteiger charge is -2.11. The van der Waals surface area contributed by atoms with Crippen LogP contribution in [0.1, 0.15) is 5.56 Å². The van der Waals surface area contributed by atoms with Crippen LogP contribution in [0.4, 0.5) is 11.4 Å². The van der Waals surface area contributed by atoms with Gasteiger partial charge in [0.2, 0.25) is 0 Å². The average molecular weight is 316 g/mol. The number of rotatable bonds is 6. The lowest BCUT2D eigenvalue weighted by molar-refractivity contribution is -0.384. The van der Waals surface area contributed by atoms with Crippen LogP contribution in [-0.2, 0) is 4.79 Å².